The number of nitrogens with zero attached hydrogens (tertiary/aromatic N) is 1. The molecule has 0 atom stereocenters. The molecule has 126 valence electrons. The van der Waals surface area contributed by atoms with E-state index >= 15 is 0 Å². The van der Waals surface area contributed by atoms with E-state index in [0.29, 0.717) is 20.5 Å². The smallest absolute Gasteiger partial charge is 0.266 e. The lowest BCUT2D eigenvalue weighted by Crippen LogP contribution is -2.33. The van der Waals surface area contributed by atoms with Crippen LogP contribution in [-0.2, 0) is 14.4 Å². The van der Waals surface area contributed by atoms with E-state index in [9.17, 15) is 24.6 Å². The van der Waals surface area contributed by atoms with Crippen molar-refractivity contribution in [3.8, 4) is 5.75 Å². The molecule has 24 heavy (non-hydrogen) atoms. The zero-order valence-corrected chi connectivity index (χ0v) is 13.9. The Kier molecular flexibility index (Phi) is 5.93. The van der Waals surface area contributed by atoms with Crippen LogP contribution in [0.1, 0.15) is 12.0 Å². The van der Waals surface area contributed by atoms with Crippen molar-refractivity contribution in [2.24, 2.45) is 0 Å². The van der Waals surface area contributed by atoms with Crippen LogP contribution in [0.5, 0.6) is 5.75 Å². The summed E-state index contributed by atoms with van der Waals surface area (Å²) < 4.78 is 5.25. The van der Waals surface area contributed by atoms with Crippen molar-refractivity contribution in [1.82, 2.24) is 4.90 Å². The van der Waals surface area contributed by atoms with Gasteiger partial charge >= 0.3 is 0 Å². The minimum atomic E-state index is -1.32. The Labute approximate surface area is 146 Å². The van der Waals surface area contributed by atoms with Crippen molar-refractivity contribution >= 4 is 52.2 Å². The second-order valence-corrected chi connectivity index (χ2v) is 6.36. The molecule has 0 aromatic heterocycles. The molecular weight excluding hydrogens is 354 g/mol. The number of benzene rings is 1. The van der Waals surface area contributed by atoms with Gasteiger partial charge in [-0.2, -0.15) is 0 Å². The first-order chi connectivity index (χ1) is 11.4. The Morgan fingerprint density at radius 1 is 1.21 bits per heavy atom. The number of carboxylic acid groups (broad SMARTS) is 2. The van der Waals surface area contributed by atoms with E-state index in [4.69, 9.17) is 17.0 Å². The van der Waals surface area contributed by atoms with Crippen molar-refractivity contribution in [1.29, 1.82) is 0 Å². The molecule has 0 bridgehead atoms. The standard InChI is InChI=1S/C15H13NO6S2/c17-12(18)5-6-16-14(21)11(24-15(16)23)7-9-1-3-10(4-2-9)22-8-13(19)20/h1-4,7H,5-6,8H2,(H,17,18)(H,19,20)/p-2/b11-7+. The lowest BCUT2D eigenvalue weighted by atomic mass is 10.2. The van der Waals surface area contributed by atoms with Crippen LogP contribution < -0.4 is 14.9 Å². The Morgan fingerprint density at radius 2 is 1.88 bits per heavy atom. The number of carbonyl (C=O) groups is 3. The van der Waals surface area contributed by atoms with Gasteiger partial charge in [0.15, 0.2) is 0 Å². The second-order valence-electron chi connectivity index (χ2n) is 4.69. The largest absolute Gasteiger partial charge is 0.550 e. The summed E-state index contributed by atoms with van der Waals surface area (Å²) in [6.45, 7) is -0.573. The summed E-state index contributed by atoms with van der Waals surface area (Å²) in [5.74, 6) is -2.57. The van der Waals surface area contributed by atoms with Gasteiger partial charge in [0.05, 0.1) is 10.9 Å². The van der Waals surface area contributed by atoms with Crippen LogP contribution in [0.25, 0.3) is 6.08 Å². The molecule has 1 fully saturated rings. The number of amides is 1. The summed E-state index contributed by atoms with van der Waals surface area (Å²) in [4.78, 5) is 34.6. The van der Waals surface area contributed by atoms with Gasteiger partial charge in [0.2, 0.25) is 0 Å². The molecule has 0 aliphatic carbocycles. The Morgan fingerprint density at radius 3 is 2.46 bits per heavy atom. The third-order valence-corrected chi connectivity index (χ3v) is 4.33. The minimum Gasteiger partial charge on any atom is -0.550 e. The van der Waals surface area contributed by atoms with Gasteiger partial charge in [-0.05, 0) is 23.8 Å². The van der Waals surface area contributed by atoms with E-state index < -0.39 is 18.5 Å². The van der Waals surface area contributed by atoms with E-state index in [1.165, 1.54) is 4.90 Å². The van der Waals surface area contributed by atoms with Crippen molar-refractivity contribution in [2.75, 3.05) is 13.2 Å². The summed E-state index contributed by atoms with van der Waals surface area (Å²) in [5.41, 5.74) is 0.691. The topological polar surface area (TPSA) is 110 Å². The molecule has 2 rings (SSSR count). The van der Waals surface area contributed by atoms with Gasteiger partial charge in [0.1, 0.15) is 16.7 Å². The average molecular weight is 365 g/mol. The van der Waals surface area contributed by atoms with Crippen molar-refractivity contribution in [3.63, 3.8) is 0 Å². The number of rotatable bonds is 7. The van der Waals surface area contributed by atoms with Crippen molar-refractivity contribution in [2.45, 2.75) is 6.42 Å². The van der Waals surface area contributed by atoms with E-state index in [1.807, 2.05) is 0 Å². The van der Waals surface area contributed by atoms with Gasteiger partial charge in [0, 0.05) is 18.9 Å². The van der Waals surface area contributed by atoms with Gasteiger partial charge in [-0.15, -0.1) is 0 Å². The Balaban J connectivity index is 2.05. The van der Waals surface area contributed by atoms with Gasteiger partial charge in [-0.25, -0.2) is 0 Å². The number of hydrogen-bond donors (Lipinski definition) is 0. The normalized spacial score (nSPS) is 15.8. The number of ether oxygens (including phenoxy) is 1. The third-order valence-electron chi connectivity index (χ3n) is 2.95. The fourth-order valence-electron chi connectivity index (χ4n) is 1.85. The molecule has 1 aliphatic heterocycles. The van der Waals surface area contributed by atoms with Crippen LogP contribution in [0, 0.1) is 0 Å². The summed E-state index contributed by atoms with van der Waals surface area (Å²) in [5, 5.41) is 20.8. The molecule has 7 nitrogen and oxygen atoms in total. The molecule has 1 aromatic carbocycles. The van der Waals surface area contributed by atoms with Crippen LogP contribution in [0.4, 0.5) is 0 Å². The molecule has 9 heteroatoms. The van der Waals surface area contributed by atoms with Crippen LogP contribution in [0.15, 0.2) is 29.2 Å². The van der Waals surface area contributed by atoms with Crippen molar-refractivity contribution < 1.29 is 29.3 Å². The highest BCUT2D eigenvalue weighted by Crippen LogP contribution is 2.32. The third kappa shape index (κ3) is 4.80. The molecule has 1 heterocycles. The van der Waals surface area contributed by atoms with Crippen LogP contribution >= 0.6 is 24.0 Å². The van der Waals surface area contributed by atoms with Crippen LogP contribution in [0.2, 0.25) is 0 Å². The first-order valence-corrected chi connectivity index (χ1v) is 7.97. The Hall–Kier alpha value is -2.39. The number of carboxylic acids is 2. The predicted molar refractivity (Wildman–Crippen MR) is 86.4 cm³/mol. The molecule has 0 N–H and O–H groups in total. The number of hydrogen-bond acceptors (Lipinski definition) is 8. The second kappa shape index (κ2) is 7.93. The fourth-order valence-corrected chi connectivity index (χ4v) is 3.16. The van der Waals surface area contributed by atoms with E-state index in [-0.39, 0.29) is 18.9 Å². The molecular formula is C15H11NO6S2-2. The van der Waals surface area contributed by atoms with Crippen LogP contribution in [-0.4, -0.2) is 40.2 Å². The molecule has 0 unspecified atom stereocenters. The predicted octanol–water partition coefficient (Wildman–Crippen LogP) is -0.843. The maximum atomic E-state index is 12.2. The summed E-state index contributed by atoms with van der Waals surface area (Å²) in [6, 6.07) is 6.42. The quantitative estimate of drug-likeness (QED) is 0.454. The molecule has 1 aliphatic rings. The zero-order valence-electron chi connectivity index (χ0n) is 12.2. The number of thioether (sulfide) groups is 1. The zero-order chi connectivity index (χ0) is 17.7. The van der Waals surface area contributed by atoms with Gasteiger partial charge in [-0.3, -0.25) is 9.69 Å². The van der Waals surface area contributed by atoms with E-state index in [2.05, 4.69) is 0 Å². The molecule has 1 amide bonds. The molecule has 1 saturated heterocycles. The highest BCUT2D eigenvalue weighted by molar-refractivity contribution is 8.26. The average Bonchev–Trinajstić information content (AvgIpc) is 2.78. The van der Waals surface area contributed by atoms with Gasteiger partial charge in [-0.1, -0.05) is 36.1 Å². The first-order valence-electron chi connectivity index (χ1n) is 6.75. The summed E-state index contributed by atoms with van der Waals surface area (Å²) in [6.07, 6.45) is 1.32. The number of aliphatic carboxylic acids is 2. The fraction of sp³-hybridized carbons (Fsp3) is 0.200. The molecule has 0 spiro atoms. The van der Waals surface area contributed by atoms with E-state index in [1.54, 1.807) is 30.3 Å². The number of thiocarbonyl (C=S) groups is 1. The highest BCUT2D eigenvalue weighted by atomic mass is 32.2. The monoisotopic (exact) mass is 365 g/mol. The lowest BCUT2D eigenvalue weighted by molar-refractivity contribution is -0.308. The van der Waals surface area contributed by atoms with Crippen LogP contribution in [0.3, 0.4) is 0 Å². The van der Waals surface area contributed by atoms with Crippen molar-refractivity contribution in [3.05, 3.63) is 34.7 Å². The first kappa shape index (κ1) is 18.0. The molecule has 0 saturated carbocycles. The number of carbonyl (C=O) groups excluding carboxylic acids is 3. The highest BCUT2D eigenvalue weighted by Gasteiger charge is 2.31. The SMILES string of the molecule is O=C([O-])CCN1C(=O)/C(=C\c2ccc(OCC(=O)[O-])cc2)SC1=S. The van der Waals surface area contributed by atoms with E-state index in [0.717, 1.165) is 11.8 Å². The van der Waals surface area contributed by atoms with Gasteiger partial charge < -0.3 is 24.5 Å². The maximum absolute atomic E-state index is 12.2. The maximum Gasteiger partial charge on any atom is 0.266 e. The summed E-state index contributed by atoms with van der Waals surface area (Å²) >= 11 is 6.16. The molecule has 1 aromatic rings. The summed E-state index contributed by atoms with van der Waals surface area (Å²) in [7, 11) is 0. The van der Waals surface area contributed by atoms with Gasteiger partial charge in [0.25, 0.3) is 5.91 Å². The minimum absolute atomic E-state index is 0.0274. The Bertz CT molecular complexity index is 713. The molecule has 0 radical (unpaired) electrons. The lowest BCUT2D eigenvalue weighted by Gasteiger charge is -2.14.